The average molecular weight is 353 g/mol. The lowest BCUT2D eigenvalue weighted by molar-refractivity contribution is -0.117. The number of methoxy groups -OCH3 is 1. The number of aryl methyl sites for hydroxylation is 1. The van der Waals surface area contributed by atoms with Crippen LogP contribution in [0.5, 0.6) is 5.75 Å². The van der Waals surface area contributed by atoms with Crippen LogP contribution in [0.1, 0.15) is 17.1 Å². The number of benzene rings is 1. The molecule has 0 spiro atoms. The van der Waals surface area contributed by atoms with Crippen LogP contribution in [0.2, 0.25) is 0 Å². The highest BCUT2D eigenvalue weighted by Crippen LogP contribution is 2.40. The van der Waals surface area contributed by atoms with E-state index in [0.717, 1.165) is 60.4 Å². The Hall–Kier alpha value is -2.64. The normalized spacial score (nSPS) is 17.9. The predicted molar refractivity (Wildman–Crippen MR) is 99.5 cm³/mol. The van der Waals surface area contributed by atoms with Gasteiger partial charge in [0.2, 0.25) is 0 Å². The molecule has 3 aromatic rings. The Balaban J connectivity index is 2.01. The van der Waals surface area contributed by atoms with Gasteiger partial charge in [0, 0.05) is 60.7 Å². The van der Waals surface area contributed by atoms with Gasteiger partial charge < -0.3 is 24.8 Å². The third kappa shape index (κ3) is 2.43. The minimum atomic E-state index is -0.972. The van der Waals surface area contributed by atoms with E-state index in [0.29, 0.717) is 5.82 Å². The van der Waals surface area contributed by atoms with E-state index in [-0.39, 0.29) is 0 Å². The van der Waals surface area contributed by atoms with Crippen LogP contribution in [0.15, 0.2) is 30.6 Å². The first-order valence-electron chi connectivity index (χ1n) is 8.79. The maximum Gasteiger partial charge on any atom is 0.163 e. The number of aromatic nitrogens is 3. The van der Waals surface area contributed by atoms with Crippen LogP contribution in [0.4, 0.5) is 0 Å². The lowest BCUT2D eigenvalue weighted by atomic mass is 9.85. The van der Waals surface area contributed by atoms with Crippen molar-refractivity contribution in [3.63, 3.8) is 0 Å². The highest BCUT2D eigenvalue weighted by Gasteiger charge is 2.46. The monoisotopic (exact) mass is 353 g/mol. The average Bonchev–Trinajstić information content (AvgIpc) is 3.32. The van der Waals surface area contributed by atoms with Crippen molar-refractivity contribution < 1.29 is 9.53 Å². The Labute approximate surface area is 151 Å². The number of carbonyl (C=O) groups is 1. The molecule has 7 heteroatoms. The van der Waals surface area contributed by atoms with Crippen molar-refractivity contribution in [1.82, 2.24) is 25.2 Å². The fourth-order valence-corrected chi connectivity index (χ4v) is 4.03. The molecular weight excluding hydrogens is 330 g/mol. The highest BCUT2D eigenvalue weighted by atomic mass is 16.5. The van der Waals surface area contributed by atoms with Gasteiger partial charge in [-0.15, -0.1) is 0 Å². The Kier molecular flexibility index (Phi) is 4.26. The van der Waals surface area contributed by atoms with Crippen molar-refractivity contribution in [2.45, 2.75) is 12.5 Å². The zero-order valence-electron chi connectivity index (χ0n) is 15.0. The van der Waals surface area contributed by atoms with Crippen molar-refractivity contribution in [2.24, 2.45) is 0 Å². The first kappa shape index (κ1) is 16.8. The second-order valence-corrected chi connectivity index (χ2v) is 6.60. The molecule has 4 rings (SSSR count). The van der Waals surface area contributed by atoms with Crippen LogP contribution in [0.25, 0.3) is 10.9 Å². The molecule has 1 aliphatic rings. The molecule has 0 aliphatic carbocycles. The molecule has 1 saturated heterocycles. The molecular formula is C19H23N5O2. The summed E-state index contributed by atoms with van der Waals surface area (Å²) in [6.07, 6.45) is 4.48. The van der Waals surface area contributed by atoms with Crippen LogP contribution in [-0.2, 0) is 10.3 Å². The summed E-state index contributed by atoms with van der Waals surface area (Å²) in [5.41, 5.74) is 1.89. The van der Waals surface area contributed by atoms with Crippen LogP contribution >= 0.6 is 0 Å². The number of rotatable bonds is 5. The van der Waals surface area contributed by atoms with Gasteiger partial charge in [-0.2, -0.15) is 0 Å². The summed E-state index contributed by atoms with van der Waals surface area (Å²) >= 11 is 0. The SMILES string of the molecule is COc1ccc2[nH]c(C)c(C(C=O)(c3ncc[nH]3)N3CCNCC3)c2c1. The fraction of sp³-hybridized carbons (Fsp3) is 0.368. The van der Waals surface area contributed by atoms with Crippen molar-refractivity contribution in [3.8, 4) is 5.75 Å². The summed E-state index contributed by atoms with van der Waals surface area (Å²) in [7, 11) is 1.65. The molecule has 1 unspecified atom stereocenters. The molecule has 1 atom stereocenters. The maximum atomic E-state index is 12.7. The molecule has 3 heterocycles. The second kappa shape index (κ2) is 6.59. The van der Waals surface area contributed by atoms with E-state index in [2.05, 4.69) is 25.2 Å². The highest BCUT2D eigenvalue weighted by molar-refractivity contribution is 5.92. The molecule has 7 nitrogen and oxygen atoms in total. The number of hydrogen-bond donors (Lipinski definition) is 3. The number of hydrogen-bond acceptors (Lipinski definition) is 5. The molecule has 1 aliphatic heterocycles. The summed E-state index contributed by atoms with van der Waals surface area (Å²) in [6.45, 7) is 5.19. The molecule has 0 amide bonds. The van der Waals surface area contributed by atoms with Gasteiger partial charge in [0.05, 0.1) is 7.11 Å². The van der Waals surface area contributed by atoms with Crippen LogP contribution in [-0.4, -0.2) is 59.4 Å². The fourth-order valence-electron chi connectivity index (χ4n) is 4.03. The number of aldehydes is 1. The van der Waals surface area contributed by atoms with Gasteiger partial charge in [-0.25, -0.2) is 4.98 Å². The number of imidazole rings is 1. The number of ether oxygens (including phenoxy) is 1. The van der Waals surface area contributed by atoms with Gasteiger partial charge in [-0.1, -0.05) is 0 Å². The predicted octanol–water partition coefficient (Wildman–Crippen LogP) is 1.56. The number of piperazine rings is 1. The summed E-state index contributed by atoms with van der Waals surface area (Å²) in [4.78, 5) is 26.0. The van der Waals surface area contributed by atoms with E-state index in [9.17, 15) is 4.79 Å². The van der Waals surface area contributed by atoms with Gasteiger partial charge in [0.15, 0.2) is 11.8 Å². The van der Waals surface area contributed by atoms with Crippen molar-refractivity contribution in [3.05, 3.63) is 47.7 Å². The zero-order valence-corrected chi connectivity index (χ0v) is 15.0. The number of nitrogens with zero attached hydrogens (tertiary/aromatic N) is 2. The Bertz CT molecular complexity index is 912. The summed E-state index contributed by atoms with van der Waals surface area (Å²) < 4.78 is 5.42. The largest absolute Gasteiger partial charge is 0.497 e. The van der Waals surface area contributed by atoms with Gasteiger partial charge >= 0.3 is 0 Å². The van der Waals surface area contributed by atoms with E-state index in [4.69, 9.17) is 4.74 Å². The van der Waals surface area contributed by atoms with Crippen molar-refractivity contribution in [1.29, 1.82) is 0 Å². The van der Waals surface area contributed by atoms with Gasteiger partial charge in [0.1, 0.15) is 11.6 Å². The van der Waals surface area contributed by atoms with Crippen LogP contribution in [0, 0.1) is 6.92 Å². The number of nitrogens with one attached hydrogen (secondary N) is 3. The van der Waals surface area contributed by atoms with E-state index in [1.54, 1.807) is 19.5 Å². The lowest BCUT2D eigenvalue weighted by Crippen LogP contribution is -2.56. The van der Waals surface area contributed by atoms with Crippen molar-refractivity contribution >= 4 is 17.2 Å². The topological polar surface area (TPSA) is 86.0 Å². The first-order chi connectivity index (χ1) is 12.7. The van der Waals surface area contributed by atoms with Crippen LogP contribution in [0.3, 0.4) is 0 Å². The molecule has 1 fully saturated rings. The Morgan fingerprint density at radius 2 is 2.12 bits per heavy atom. The van der Waals surface area contributed by atoms with Crippen molar-refractivity contribution in [2.75, 3.05) is 33.3 Å². The number of carbonyl (C=O) groups excluding carboxylic acids is 1. The quantitative estimate of drug-likeness (QED) is 0.606. The molecule has 0 bridgehead atoms. The zero-order chi connectivity index (χ0) is 18.1. The first-order valence-corrected chi connectivity index (χ1v) is 8.79. The summed E-state index contributed by atoms with van der Waals surface area (Å²) in [6, 6.07) is 5.89. The van der Waals surface area contributed by atoms with Crippen LogP contribution < -0.4 is 10.1 Å². The van der Waals surface area contributed by atoms with Gasteiger partial charge in [0.25, 0.3) is 0 Å². The van der Waals surface area contributed by atoms with E-state index >= 15 is 0 Å². The van der Waals surface area contributed by atoms with E-state index in [1.807, 2.05) is 25.1 Å². The second-order valence-electron chi connectivity index (χ2n) is 6.60. The molecule has 136 valence electrons. The molecule has 26 heavy (non-hydrogen) atoms. The number of fused-ring (bicyclic) bond motifs is 1. The molecule has 3 N–H and O–H groups in total. The molecule has 0 radical (unpaired) electrons. The lowest BCUT2D eigenvalue weighted by Gasteiger charge is -2.41. The minimum Gasteiger partial charge on any atom is -0.497 e. The summed E-state index contributed by atoms with van der Waals surface area (Å²) in [5.74, 6) is 1.40. The van der Waals surface area contributed by atoms with E-state index < -0.39 is 5.54 Å². The number of aromatic amines is 2. The third-order valence-corrected chi connectivity index (χ3v) is 5.22. The van der Waals surface area contributed by atoms with E-state index in [1.165, 1.54) is 0 Å². The van der Waals surface area contributed by atoms with Gasteiger partial charge in [-0.3, -0.25) is 4.90 Å². The maximum absolute atomic E-state index is 12.7. The third-order valence-electron chi connectivity index (χ3n) is 5.22. The Morgan fingerprint density at radius 3 is 2.77 bits per heavy atom. The Morgan fingerprint density at radius 1 is 1.31 bits per heavy atom. The summed E-state index contributed by atoms with van der Waals surface area (Å²) in [5, 5.41) is 4.33. The molecule has 2 aromatic heterocycles. The minimum absolute atomic E-state index is 0.640. The van der Waals surface area contributed by atoms with Gasteiger partial charge in [-0.05, 0) is 25.1 Å². The molecule has 1 aromatic carbocycles. The number of H-pyrrole nitrogens is 2. The molecule has 0 saturated carbocycles. The standard InChI is InChI=1S/C19H23N5O2/c1-13-17(15-11-14(26-2)3-4-16(15)23-13)19(12-25,18-21-5-6-22-18)24-9-7-20-8-10-24/h3-6,11-12,20,23H,7-10H2,1-2H3,(H,21,22). The smallest absolute Gasteiger partial charge is 0.163 e.